The fourth-order valence-electron chi connectivity index (χ4n) is 3.22. The van der Waals surface area contributed by atoms with E-state index in [9.17, 15) is 57.1 Å². The Bertz CT molecular complexity index is 600. The molecule has 2 aliphatic rings. The van der Waals surface area contributed by atoms with Crippen LogP contribution in [0, 0.1) is 11.3 Å². The molecule has 0 N–H and O–H groups in total. The van der Waals surface area contributed by atoms with E-state index in [1.807, 2.05) is 0 Å². The summed E-state index contributed by atoms with van der Waals surface area (Å²) in [7, 11) is 0. The van der Waals surface area contributed by atoms with Crippen molar-refractivity contribution in [2.24, 2.45) is 11.3 Å². The molecule has 0 amide bonds. The Hall–Kier alpha value is -1.17. The molecule has 1 saturated carbocycles. The lowest BCUT2D eigenvalue weighted by atomic mass is 9.75. The highest BCUT2D eigenvalue weighted by Crippen LogP contribution is 2.67. The van der Waals surface area contributed by atoms with Crippen molar-refractivity contribution in [3.05, 3.63) is 12.2 Å². The molecule has 26 heavy (non-hydrogen) atoms. The minimum Gasteiger partial charge on any atom is -0.199 e. The summed E-state index contributed by atoms with van der Waals surface area (Å²) in [5.74, 6) is -37.1. The highest BCUT2D eigenvalue weighted by molar-refractivity contribution is 5.25. The largest absolute Gasteiger partial charge is 0.460 e. The van der Waals surface area contributed by atoms with Crippen molar-refractivity contribution >= 4 is 0 Å². The maximum absolute atomic E-state index is 14.2. The van der Waals surface area contributed by atoms with Crippen molar-refractivity contribution in [3.8, 4) is 0 Å². The van der Waals surface area contributed by atoms with Crippen molar-refractivity contribution in [1.29, 1.82) is 0 Å². The molecule has 2 unspecified atom stereocenters. The summed E-state index contributed by atoms with van der Waals surface area (Å²) >= 11 is 0. The number of rotatable bonds is 5. The molecule has 0 aliphatic heterocycles. The summed E-state index contributed by atoms with van der Waals surface area (Å²) in [5, 5.41) is 0. The summed E-state index contributed by atoms with van der Waals surface area (Å²) in [6.07, 6.45) is -7.89. The van der Waals surface area contributed by atoms with Crippen LogP contribution in [0.3, 0.4) is 0 Å². The van der Waals surface area contributed by atoms with Gasteiger partial charge in [-0.3, -0.25) is 0 Å². The second kappa shape index (κ2) is 5.21. The van der Waals surface area contributed by atoms with Gasteiger partial charge in [-0.25, -0.2) is 0 Å². The van der Waals surface area contributed by atoms with Crippen molar-refractivity contribution in [3.63, 3.8) is 0 Å². The van der Waals surface area contributed by atoms with E-state index in [4.69, 9.17) is 0 Å². The summed E-state index contributed by atoms with van der Waals surface area (Å²) < 4.78 is 171. The van der Waals surface area contributed by atoms with E-state index >= 15 is 0 Å². The average molecular weight is 412 g/mol. The Kier molecular flexibility index (Phi) is 4.23. The van der Waals surface area contributed by atoms with Gasteiger partial charge in [0.05, 0.1) is 5.41 Å². The first kappa shape index (κ1) is 21.1. The van der Waals surface area contributed by atoms with Gasteiger partial charge in [-0.2, -0.15) is 57.1 Å². The minimum atomic E-state index is -7.83. The molecule has 0 aromatic rings. The Morgan fingerprint density at radius 3 is 1.42 bits per heavy atom. The Labute approximate surface area is 137 Å². The van der Waals surface area contributed by atoms with Crippen LogP contribution in [0.15, 0.2) is 12.2 Å². The highest BCUT2D eigenvalue weighted by Gasteiger charge is 2.92. The van der Waals surface area contributed by atoms with Crippen LogP contribution in [-0.4, -0.2) is 35.8 Å². The van der Waals surface area contributed by atoms with Crippen molar-refractivity contribution in [2.45, 2.75) is 55.1 Å². The third-order valence-electron chi connectivity index (χ3n) is 4.83. The molecular weight excluding hydrogens is 403 g/mol. The van der Waals surface area contributed by atoms with Crippen LogP contribution in [0.25, 0.3) is 0 Å². The molecular formula is C13H9F13. The molecule has 0 aromatic carbocycles. The molecule has 2 rings (SSSR count). The van der Waals surface area contributed by atoms with Gasteiger partial charge in [0.25, 0.3) is 0 Å². The molecule has 0 spiro atoms. The zero-order valence-corrected chi connectivity index (χ0v) is 12.3. The monoisotopic (exact) mass is 412 g/mol. The number of fused-ring (bicyclic) bond motifs is 2. The third kappa shape index (κ3) is 2.23. The van der Waals surface area contributed by atoms with Crippen LogP contribution in [0.4, 0.5) is 57.1 Å². The molecule has 0 saturated heterocycles. The van der Waals surface area contributed by atoms with Crippen LogP contribution < -0.4 is 0 Å². The summed E-state index contributed by atoms with van der Waals surface area (Å²) in [6.45, 7) is 0. The molecule has 2 bridgehead atoms. The van der Waals surface area contributed by atoms with E-state index in [0.29, 0.717) is 6.08 Å². The van der Waals surface area contributed by atoms with Crippen LogP contribution in [0.1, 0.15) is 19.3 Å². The first-order valence-corrected chi connectivity index (χ1v) is 6.94. The average Bonchev–Trinajstić information content (AvgIpc) is 3.07. The van der Waals surface area contributed by atoms with Gasteiger partial charge in [-0.05, 0) is 25.2 Å². The topological polar surface area (TPSA) is 0 Å². The lowest BCUT2D eigenvalue weighted by Gasteiger charge is -2.44. The standard InChI is InChI=1S/C13H9F13/c14-8(15,7-3-1-6(5-7)2-4-7)9(16,17)10(18,19)11(20,21)12(22,23)13(24,25)26/h1,3,6H,2,4-5H2. The van der Waals surface area contributed by atoms with Gasteiger partial charge < -0.3 is 0 Å². The van der Waals surface area contributed by atoms with Gasteiger partial charge in [0.15, 0.2) is 0 Å². The van der Waals surface area contributed by atoms with E-state index in [1.165, 1.54) is 0 Å². The SMILES string of the molecule is FC(F)(F)C(F)(F)C(F)(F)C(F)(F)C(F)(F)C(F)(F)C12C=CC(CC1)C2. The van der Waals surface area contributed by atoms with Gasteiger partial charge in [-0.1, -0.05) is 12.2 Å². The molecule has 2 aliphatic carbocycles. The smallest absolute Gasteiger partial charge is 0.199 e. The number of alkyl halides is 13. The van der Waals surface area contributed by atoms with Gasteiger partial charge in [0.2, 0.25) is 0 Å². The molecule has 152 valence electrons. The van der Waals surface area contributed by atoms with Crippen LogP contribution >= 0.6 is 0 Å². The number of hydrogen-bond donors (Lipinski definition) is 0. The number of allylic oxidation sites excluding steroid dienone is 2. The lowest BCUT2D eigenvalue weighted by molar-refractivity contribution is -0.445. The molecule has 2 atom stereocenters. The second-order valence-corrected chi connectivity index (χ2v) is 6.39. The van der Waals surface area contributed by atoms with Crippen molar-refractivity contribution in [2.75, 3.05) is 0 Å². The molecule has 0 aromatic heterocycles. The zero-order valence-electron chi connectivity index (χ0n) is 12.3. The van der Waals surface area contributed by atoms with E-state index in [0.717, 1.165) is 6.08 Å². The predicted molar refractivity (Wildman–Crippen MR) is 59.7 cm³/mol. The normalized spacial score (nSPS) is 28.1. The third-order valence-corrected chi connectivity index (χ3v) is 4.83. The van der Waals surface area contributed by atoms with Crippen LogP contribution in [0.2, 0.25) is 0 Å². The Balaban J connectivity index is 2.54. The molecule has 0 radical (unpaired) electrons. The summed E-state index contributed by atoms with van der Waals surface area (Å²) in [6, 6.07) is 0. The van der Waals surface area contributed by atoms with Gasteiger partial charge in [-0.15, -0.1) is 0 Å². The van der Waals surface area contributed by atoms with E-state index in [2.05, 4.69) is 0 Å². The van der Waals surface area contributed by atoms with Gasteiger partial charge >= 0.3 is 35.8 Å². The first-order valence-electron chi connectivity index (χ1n) is 6.94. The predicted octanol–water partition coefficient (Wildman–Crippen LogP) is 6.08. The van der Waals surface area contributed by atoms with Crippen LogP contribution in [-0.2, 0) is 0 Å². The van der Waals surface area contributed by atoms with Gasteiger partial charge in [0, 0.05) is 0 Å². The molecule has 13 heteroatoms. The van der Waals surface area contributed by atoms with E-state index < -0.39 is 60.0 Å². The van der Waals surface area contributed by atoms with Crippen LogP contribution in [0.5, 0.6) is 0 Å². The van der Waals surface area contributed by atoms with E-state index in [1.54, 1.807) is 0 Å². The maximum atomic E-state index is 14.2. The number of halogens is 13. The molecule has 0 heterocycles. The van der Waals surface area contributed by atoms with Gasteiger partial charge in [0.1, 0.15) is 0 Å². The molecule has 0 nitrogen and oxygen atoms in total. The van der Waals surface area contributed by atoms with E-state index in [-0.39, 0.29) is 6.42 Å². The second-order valence-electron chi connectivity index (χ2n) is 6.39. The minimum absolute atomic E-state index is 0.178. The van der Waals surface area contributed by atoms with Crippen molar-refractivity contribution in [1.82, 2.24) is 0 Å². The summed E-state index contributed by atoms with van der Waals surface area (Å²) in [5.41, 5.74) is -3.03. The maximum Gasteiger partial charge on any atom is 0.460 e. The summed E-state index contributed by atoms with van der Waals surface area (Å²) in [4.78, 5) is 0. The fourth-order valence-corrected chi connectivity index (χ4v) is 3.22. The quantitative estimate of drug-likeness (QED) is 0.379. The lowest BCUT2D eigenvalue weighted by Crippen LogP contribution is -2.72. The number of hydrogen-bond acceptors (Lipinski definition) is 0. The van der Waals surface area contributed by atoms with Crippen molar-refractivity contribution < 1.29 is 57.1 Å². The Morgan fingerprint density at radius 1 is 0.654 bits per heavy atom. The zero-order chi connectivity index (χ0) is 20.6. The highest BCUT2D eigenvalue weighted by atomic mass is 19.4. The first-order chi connectivity index (χ1) is 11.3. The fraction of sp³-hybridized carbons (Fsp3) is 0.846. The molecule has 1 fully saturated rings. The Morgan fingerprint density at radius 2 is 1.12 bits per heavy atom.